The van der Waals surface area contributed by atoms with Crippen molar-refractivity contribution in [3.05, 3.63) is 28.0 Å². The smallest absolute Gasteiger partial charge is 0.170 e. The fourth-order valence-electron chi connectivity index (χ4n) is 0.826. The van der Waals surface area contributed by atoms with Crippen molar-refractivity contribution in [2.45, 2.75) is 6.42 Å². The zero-order valence-corrected chi connectivity index (χ0v) is 7.60. The number of hydrogen-bond acceptors (Lipinski definition) is 2. The van der Waals surface area contributed by atoms with Crippen LogP contribution in [-0.4, -0.2) is 5.11 Å². The lowest BCUT2D eigenvalue weighted by molar-refractivity contribution is 0.429. The molecule has 0 aliphatic carbocycles. The summed E-state index contributed by atoms with van der Waals surface area (Å²) in [6.07, 6.45) is -0.0547. The summed E-state index contributed by atoms with van der Waals surface area (Å²) in [6.45, 7) is 0. The van der Waals surface area contributed by atoms with Gasteiger partial charge >= 0.3 is 0 Å². The number of phenolic OH excluding ortho intramolecular Hbond substituents is 1. The average molecular weight is 230 g/mol. The van der Waals surface area contributed by atoms with E-state index in [1.807, 2.05) is 6.07 Å². The molecule has 62 valence electrons. The van der Waals surface area contributed by atoms with Crippen molar-refractivity contribution in [3.63, 3.8) is 0 Å². The van der Waals surface area contributed by atoms with Gasteiger partial charge < -0.3 is 5.11 Å². The molecule has 12 heavy (non-hydrogen) atoms. The molecule has 0 fully saturated rings. The van der Waals surface area contributed by atoms with Crippen molar-refractivity contribution in [1.29, 1.82) is 5.26 Å². The number of rotatable bonds is 1. The van der Waals surface area contributed by atoms with E-state index in [4.69, 9.17) is 10.4 Å². The second-order valence-corrected chi connectivity index (χ2v) is 3.05. The van der Waals surface area contributed by atoms with Gasteiger partial charge in [0.05, 0.1) is 12.5 Å². The summed E-state index contributed by atoms with van der Waals surface area (Å²) in [6, 6.07) is 4.55. The van der Waals surface area contributed by atoms with Crippen molar-refractivity contribution < 1.29 is 9.50 Å². The molecule has 0 aromatic heterocycles. The molecule has 2 nitrogen and oxygen atoms in total. The van der Waals surface area contributed by atoms with Gasteiger partial charge in [0.1, 0.15) is 0 Å². The number of benzene rings is 1. The van der Waals surface area contributed by atoms with Gasteiger partial charge in [0.15, 0.2) is 11.6 Å². The van der Waals surface area contributed by atoms with Crippen molar-refractivity contribution in [2.75, 3.05) is 0 Å². The van der Waals surface area contributed by atoms with Crippen molar-refractivity contribution in [3.8, 4) is 11.8 Å². The Kier molecular flexibility index (Phi) is 2.66. The Hall–Kier alpha value is -1.08. The Morgan fingerprint density at radius 3 is 2.83 bits per heavy atom. The molecule has 0 unspecified atom stereocenters. The number of halogens is 2. The monoisotopic (exact) mass is 229 g/mol. The van der Waals surface area contributed by atoms with Crippen LogP contribution in [0.4, 0.5) is 4.39 Å². The molecule has 0 atom stereocenters. The summed E-state index contributed by atoms with van der Waals surface area (Å²) in [5.41, 5.74) is 0.192. The van der Waals surface area contributed by atoms with Gasteiger partial charge in [-0.2, -0.15) is 5.26 Å². The first-order valence-corrected chi connectivity index (χ1v) is 3.99. The van der Waals surface area contributed by atoms with E-state index in [1.165, 1.54) is 12.1 Å². The van der Waals surface area contributed by atoms with Crippen LogP contribution in [0.3, 0.4) is 0 Å². The van der Waals surface area contributed by atoms with Crippen molar-refractivity contribution in [1.82, 2.24) is 0 Å². The summed E-state index contributed by atoms with van der Waals surface area (Å²) in [4.78, 5) is 0. The van der Waals surface area contributed by atoms with Crippen molar-refractivity contribution in [2.24, 2.45) is 0 Å². The minimum atomic E-state index is -0.731. The van der Waals surface area contributed by atoms with Crippen LogP contribution >= 0.6 is 15.9 Å². The van der Waals surface area contributed by atoms with Crippen LogP contribution < -0.4 is 0 Å². The first-order chi connectivity index (χ1) is 5.66. The van der Waals surface area contributed by atoms with Gasteiger partial charge in [-0.15, -0.1) is 0 Å². The Morgan fingerprint density at radius 1 is 1.58 bits per heavy atom. The van der Waals surface area contributed by atoms with Gasteiger partial charge in [-0.25, -0.2) is 4.39 Å². The first kappa shape index (κ1) is 9.01. The number of hydrogen-bond donors (Lipinski definition) is 1. The molecule has 1 aromatic rings. The number of nitriles is 1. The topological polar surface area (TPSA) is 44.0 Å². The van der Waals surface area contributed by atoms with Crippen LogP contribution in [0.5, 0.6) is 5.75 Å². The van der Waals surface area contributed by atoms with E-state index in [-0.39, 0.29) is 12.0 Å². The highest BCUT2D eigenvalue weighted by molar-refractivity contribution is 9.10. The minimum absolute atomic E-state index is 0.0547. The Bertz CT molecular complexity index is 346. The molecule has 0 radical (unpaired) electrons. The summed E-state index contributed by atoms with van der Waals surface area (Å²) in [5.74, 6) is -1.16. The molecular formula is C8H5BrFNO. The zero-order valence-electron chi connectivity index (χ0n) is 6.01. The second-order valence-electron chi connectivity index (χ2n) is 2.19. The average Bonchev–Trinajstić information content (AvgIpc) is 2.06. The molecule has 1 aromatic carbocycles. The van der Waals surface area contributed by atoms with E-state index < -0.39 is 11.6 Å². The van der Waals surface area contributed by atoms with E-state index in [2.05, 4.69) is 15.9 Å². The molecule has 0 amide bonds. The molecule has 4 heteroatoms. The lowest BCUT2D eigenvalue weighted by Gasteiger charge is -2.02. The minimum Gasteiger partial charge on any atom is -0.505 e. The summed E-state index contributed by atoms with van der Waals surface area (Å²) >= 11 is 3.08. The quantitative estimate of drug-likeness (QED) is 0.804. The molecule has 0 spiro atoms. The van der Waals surface area contributed by atoms with Crippen LogP contribution in [0.25, 0.3) is 0 Å². The van der Waals surface area contributed by atoms with Gasteiger partial charge in [-0.3, -0.25) is 0 Å². The second kappa shape index (κ2) is 3.55. The molecular weight excluding hydrogens is 225 g/mol. The van der Waals surface area contributed by atoms with E-state index in [0.717, 1.165) is 0 Å². The van der Waals surface area contributed by atoms with Crippen molar-refractivity contribution >= 4 is 15.9 Å². The predicted molar refractivity (Wildman–Crippen MR) is 45.1 cm³/mol. The molecule has 0 saturated heterocycles. The summed E-state index contributed by atoms with van der Waals surface area (Å²) in [5, 5.41) is 17.3. The van der Waals surface area contributed by atoms with Gasteiger partial charge in [-0.05, 0) is 12.1 Å². The third-order valence-corrected chi connectivity index (χ3v) is 2.16. The van der Waals surface area contributed by atoms with Crippen LogP contribution in [0.15, 0.2) is 16.6 Å². The van der Waals surface area contributed by atoms with Gasteiger partial charge in [0.2, 0.25) is 0 Å². The zero-order chi connectivity index (χ0) is 9.14. The maximum atomic E-state index is 13.0. The van der Waals surface area contributed by atoms with Crippen LogP contribution in [0, 0.1) is 17.1 Å². The lowest BCUT2D eigenvalue weighted by Crippen LogP contribution is -1.90. The highest BCUT2D eigenvalue weighted by Gasteiger charge is 2.10. The maximum absolute atomic E-state index is 13.0. The van der Waals surface area contributed by atoms with Crippen LogP contribution in [0.2, 0.25) is 0 Å². The third kappa shape index (κ3) is 1.56. The number of aromatic hydroxyl groups is 1. The highest BCUT2D eigenvalue weighted by atomic mass is 79.9. The Balaban J connectivity index is 3.25. The van der Waals surface area contributed by atoms with Gasteiger partial charge in [-0.1, -0.05) is 15.9 Å². The molecule has 0 bridgehead atoms. The molecule has 0 heterocycles. The first-order valence-electron chi connectivity index (χ1n) is 3.19. The fraction of sp³-hybridized carbons (Fsp3) is 0.125. The van der Waals surface area contributed by atoms with Crippen LogP contribution in [0.1, 0.15) is 5.56 Å². The largest absolute Gasteiger partial charge is 0.505 e. The maximum Gasteiger partial charge on any atom is 0.170 e. The number of phenols is 1. The Morgan fingerprint density at radius 2 is 2.25 bits per heavy atom. The fourth-order valence-corrected chi connectivity index (χ4v) is 1.27. The van der Waals surface area contributed by atoms with E-state index in [9.17, 15) is 4.39 Å². The summed E-state index contributed by atoms with van der Waals surface area (Å²) < 4.78 is 13.5. The van der Waals surface area contributed by atoms with E-state index in [0.29, 0.717) is 4.47 Å². The molecule has 1 rings (SSSR count). The Labute approximate surface area is 77.4 Å². The molecule has 1 N–H and O–H groups in total. The normalized spacial score (nSPS) is 9.42. The van der Waals surface area contributed by atoms with Gasteiger partial charge in [0.25, 0.3) is 0 Å². The molecule has 0 saturated carbocycles. The lowest BCUT2D eigenvalue weighted by atomic mass is 10.1. The highest BCUT2D eigenvalue weighted by Crippen LogP contribution is 2.26. The van der Waals surface area contributed by atoms with E-state index in [1.54, 1.807) is 0 Å². The van der Waals surface area contributed by atoms with Crippen LogP contribution in [-0.2, 0) is 6.42 Å². The standard InChI is InChI=1S/C8H5BrFNO/c9-6-1-2-7(12)8(10)5(6)3-4-11/h1-2,12H,3H2. The third-order valence-electron chi connectivity index (χ3n) is 1.42. The predicted octanol–water partition coefficient (Wildman–Crippen LogP) is 2.36. The number of nitrogens with zero attached hydrogens (tertiary/aromatic N) is 1. The molecule has 0 aliphatic rings. The summed E-state index contributed by atoms with van der Waals surface area (Å²) in [7, 11) is 0. The molecule has 0 aliphatic heterocycles. The SMILES string of the molecule is N#CCc1c(Br)ccc(O)c1F. The van der Waals surface area contributed by atoms with Gasteiger partial charge in [0, 0.05) is 10.0 Å². The van der Waals surface area contributed by atoms with E-state index >= 15 is 0 Å².